The van der Waals surface area contributed by atoms with E-state index in [0.717, 1.165) is 5.56 Å². The third-order valence-electron chi connectivity index (χ3n) is 1.87. The monoisotopic (exact) mass is 226 g/mol. The van der Waals surface area contributed by atoms with Gasteiger partial charge in [0.05, 0.1) is 0 Å². The zero-order valence-corrected chi connectivity index (χ0v) is 9.54. The van der Waals surface area contributed by atoms with Gasteiger partial charge in [0.25, 0.3) is 0 Å². The normalized spacial score (nSPS) is 12.1. The van der Waals surface area contributed by atoms with Crippen LogP contribution < -0.4 is 5.32 Å². The number of carboxylic acid groups (broad SMARTS) is 1. The van der Waals surface area contributed by atoms with Crippen LogP contribution in [0.2, 0.25) is 0 Å². The molecular weight excluding hydrogens is 212 g/mol. The average molecular weight is 226 g/mol. The number of hydrogen-bond donors (Lipinski definition) is 2. The number of aromatic nitrogens is 1. The molecule has 1 atom stereocenters. The van der Waals surface area contributed by atoms with Gasteiger partial charge in [0.2, 0.25) is 0 Å². The molecule has 82 valence electrons. The first-order valence-corrected chi connectivity index (χ1v) is 5.94. The summed E-state index contributed by atoms with van der Waals surface area (Å²) in [6.07, 6.45) is 3.54. The van der Waals surface area contributed by atoms with Crippen molar-refractivity contribution in [3.63, 3.8) is 0 Å². The maximum Gasteiger partial charge on any atom is 0.327 e. The molecule has 1 unspecified atom stereocenters. The summed E-state index contributed by atoms with van der Waals surface area (Å²) >= 11 is 1.49. The summed E-state index contributed by atoms with van der Waals surface area (Å²) in [5.41, 5.74) is 1.06. The van der Waals surface area contributed by atoms with Gasteiger partial charge in [0.1, 0.15) is 11.9 Å². The summed E-state index contributed by atoms with van der Waals surface area (Å²) in [6.45, 7) is 1.94. The van der Waals surface area contributed by atoms with Crippen molar-refractivity contribution in [3.05, 3.63) is 23.9 Å². The highest BCUT2D eigenvalue weighted by atomic mass is 32.2. The first-order valence-electron chi connectivity index (χ1n) is 4.54. The van der Waals surface area contributed by atoms with Crippen LogP contribution >= 0.6 is 11.8 Å². The Balaban J connectivity index is 2.69. The van der Waals surface area contributed by atoms with E-state index < -0.39 is 12.0 Å². The number of nitrogens with zero attached hydrogens (tertiary/aromatic N) is 1. The fourth-order valence-corrected chi connectivity index (χ4v) is 1.69. The number of carbonyl (C=O) groups is 1. The van der Waals surface area contributed by atoms with Crippen LogP contribution in [0.15, 0.2) is 18.3 Å². The number of carboxylic acids is 1. The number of aryl methyl sites for hydroxylation is 1. The Morgan fingerprint density at radius 1 is 1.73 bits per heavy atom. The number of pyridine rings is 1. The Morgan fingerprint density at radius 2 is 2.47 bits per heavy atom. The smallest absolute Gasteiger partial charge is 0.327 e. The molecule has 2 N–H and O–H groups in total. The highest BCUT2D eigenvalue weighted by Gasteiger charge is 2.16. The fourth-order valence-electron chi connectivity index (χ4n) is 1.13. The van der Waals surface area contributed by atoms with Gasteiger partial charge in [-0.1, -0.05) is 0 Å². The molecular formula is C10H14N2O2S. The third-order valence-corrected chi connectivity index (χ3v) is 2.54. The number of anilines is 1. The Hall–Kier alpha value is -1.23. The van der Waals surface area contributed by atoms with E-state index >= 15 is 0 Å². The molecule has 0 aliphatic rings. The van der Waals surface area contributed by atoms with Gasteiger partial charge in [-0.15, -0.1) is 0 Å². The van der Waals surface area contributed by atoms with Crippen LogP contribution in [-0.4, -0.2) is 34.1 Å². The van der Waals surface area contributed by atoms with Crippen molar-refractivity contribution >= 4 is 23.5 Å². The van der Waals surface area contributed by atoms with Gasteiger partial charge in [-0.25, -0.2) is 9.78 Å². The van der Waals surface area contributed by atoms with E-state index in [1.165, 1.54) is 11.8 Å². The summed E-state index contributed by atoms with van der Waals surface area (Å²) in [6, 6.07) is 3.11. The van der Waals surface area contributed by atoms with E-state index in [0.29, 0.717) is 11.6 Å². The quantitative estimate of drug-likeness (QED) is 0.798. The standard InChI is InChI=1S/C10H14N2O2S/c1-7-3-4-11-9(5-7)12-8(6-15-2)10(13)14/h3-5,8H,6H2,1-2H3,(H,11,12)(H,13,14). The van der Waals surface area contributed by atoms with Crippen LogP contribution in [0.25, 0.3) is 0 Å². The summed E-state index contributed by atoms with van der Waals surface area (Å²) in [5, 5.41) is 11.8. The summed E-state index contributed by atoms with van der Waals surface area (Å²) < 4.78 is 0. The van der Waals surface area contributed by atoms with E-state index in [9.17, 15) is 4.79 Å². The summed E-state index contributed by atoms with van der Waals surface area (Å²) in [7, 11) is 0. The Morgan fingerprint density at radius 3 is 3.00 bits per heavy atom. The number of rotatable bonds is 5. The molecule has 0 spiro atoms. The van der Waals surface area contributed by atoms with Crippen LogP contribution in [0.4, 0.5) is 5.82 Å². The van der Waals surface area contributed by atoms with Crippen molar-refractivity contribution in [2.45, 2.75) is 13.0 Å². The number of aliphatic carboxylic acids is 1. The second kappa shape index (κ2) is 5.60. The van der Waals surface area contributed by atoms with Gasteiger partial charge >= 0.3 is 5.97 Å². The minimum atomic E-state index is -0.854. The van der Waals surface area contributed by atoms with Crippen LogP contribution in [0.1, 0.15) is 5.56 Å². The molecule has 0 aromatic carbocycles. The maximum absolute atomic E-state index is 10.9. The summed E-state index contributed by atoms with van der Waals surface area (Å²) in [4.78, 5) is 14.9. The van der Waals surface area contributed by atoms with Gasteiger partial charge in [-0.05, 0) is 30.9 Å². The van der Waals surface area contributed by atoms with Crippen LogP contribution in [0.3, 0.4) is 0 Å². The molecule has 15 heavy (non-hydrogen) atoms. The lowest BCUT2D eigenvalue weighted by Crippen LogP contribution is -2.31. The van der Waals surface area contributed by atoms with Gasteiger partial charge in [0, 0.05) is 11.9 Å². The minimum absolute atomic E-state index is 0.519. The van der Waals surface area contributed by atoms with Crippen molar-refractivity contribution < 1.29 is 9.90 Å². The van der Waals surface area contributed by atoms with Crippen molar-refractivity contribution in [2.24, 2.45) is 0 Å². The predicted molar refractivity (Wildman–Crippen MR) is 62.4 cm³/mol. The lowest BCUT2D eigenvalue weighted by atomic mass is 10.3. The molecule has 0 amide bonds. The van der Waals surface area contributed by atoms with Gasteiger partial charge in [0.15, 0.2) is 0 Å². The van der Waals surface area contributed by atoms with E-state index in [1.54, 1.807) is 6.20 Å². The molecule has 0 saturated heterocycles. The van der Waals surface area contributed by atoms with Gasteiger partial charge < -0.3 is 10.4 Å². The van der Waals surface area contributed by atoms with E-state index in [1.807, 2.05) is 25.3 Å². The van der Waals surface area contributed by atoms with Crippen molar-refractivity contribution in [3.8, 4) is 0 Å². The Labute approximate surface area is 93.1 Å². The van der Waals surface area contributed by atoms with Crippen LogP contribution in [0, 0.1) is 6.92 Å². The SMILES string of the molecule is CSCC(Nc1cc(C)ccn1)C(=O)O. The molecule has 1 rings (SSSR count). The van der Waals surface area contributed by atoms with E-state index in [2.05, 4.69) is 10.3 Å². The van der Waals surface area contributed by atoms with Crippen LogP contribution in [0.5, 0.6) is 0 Å². The number of nitrogens with one attached hydrogen (secondary N) is 1. The van der Waals surface area contributed by atoms with Crippen LogP contribution in [-0.2, 0) is 4.79 Å². The second-order valence-corrected chi connectivity index (χ2v) is 4.12. The van der Waals surface area contributed by atoms with Gasteiger partial charge in [-0.2, -0.15) is 11.8 Å². The highest BCUT2D eigenvalue weighted by molar-refractivity contribution is 7.98. The van der Waals surface area contributed by atoms with Gasteiger partial charge in [-0.3, -0.25) is 0 Å². The van der Waals surface area contributed by atoms with E-state index in [4.69, 9.17) is 5.11 Å². The average Bonchev–Trinajstić information content (AvgIpc) is 2.17. The number of hydrogen-bond acceptors (Lipinski definition) is 4. The number of thioether (sulfide) groups is 1. The van der Waals surface area contributed by atoms with Crippen molar-refractivity contribution in [2.75, 3.05) is 17.3 Å². The van der Waals surface area contributed by atoms with E-state index in [-0.39, 0.29) is 0 Å². The second-order valence-electron chi connectivity index (χ2n) is 3.21. The molecule has 0 bridgehead atoms. The molecule has 0 saturated carbocycles. The maximum atomic E-state index is 10.9. The lowest BCUT2D eigenvalue weighted by molar-refractivity contribution is -0.137. The molecule has 0 fully saturated rings. The highest BCUT2D eigenvalue weighted by Crippen LogP contribution is 2.09. The molecule has 0 radical (unpaired) electrons. The summed E-state index contributed by atoms with van der Waals surface area (Å²) in [5.74, 6) is 0.273. The zero-order chi connectivity index (χ0) is 11.3. The molecule has 1 heterocycles. The van der Waals surface area contributed by atoms with Crippen molar-refractivity contribution in [1.82, 2.24) is 4.98 Å². The zero-order valence-electron chi connectivity index (χ0n) is 8.73. The fraction of sp³-hybridized carbons (Fsp3) is 0.400. The first-order chi connectivity index (χ1) is 7.13. The molecule has 0 aliphatic heterocycles. The first kappa shape index (κ1) is 11.8. The topological polar surface area (TPSA) is 62.2 Å². The molecule has 4 nitrogen and oxygen atoms in total. The third kappa shape index (κ3) is 3.79. The lowest BCUT2D eigenvalue weighted by Gasteiger charge is -2.13. The minimum Gasteiger partial charge on any atom is -0.480 e. The van der Waals surface area contributed by atoms with Crippen molar-refractivity contribution in [1.29, 1.82) is 0 Å². The Kier molecular flexibility index (Phi) is 4.42. The molecule has 1 aromatic rings. The Bertz CT molecular complexity index is 344. The predicted octanol–water partition coefficient (Wildman–Crippen LogP) is 1.62. The molecule has 0 aliphatic carbocycles. The molecule has 1 aromatic heterocycles. The molecule has 5 heteroatoms. The largest absolute Gasteiger partial charge is 0.480 e.